The normalized spacial score (nSPS) is 12.5. The van der Waals surface area contributed by atoms with Crippen molar-refractivity contribution in [2.45, 2.75) is 58.4 Å². The van der Waals surface area contributed by atoms with E-state index in [0.29, 0.717) is 12.4 Å². The lowest BCUT2D eigenvalue weighted by atomic mass is 9.94. The second kappa shape index (κ2) is 5.69. The van der Waals surface area contributed by atoms with Crippen molar-refractivity contribution < 1.29 is 4.79 Å². The molecular formula is C13H25N5O. The maximum atomic E-state index is 12.0. The van der Waals surface area contributed by atoms with Gasteiger partial charge in [0.15, 0.2) is 0 Å². The minimum atomic E-state index is -0.362. The molecule has 0 spiro atoms. The Morgan fingerprint density at radius 2 is 1.89 bits per heavy atom. The fourth-order valence-electron chi connectivity index (χ4n) is 1.53. The van der Waals surface area contributed by atoms with E-state index in [1.165, 1.54) is 0 Å². The van der Waals surface area contributed by atoms with E-state index in [0.717, 1.165) is 12.8 Å². The first-order chi connectivity index (χ1) is 8.72. The number of nitrogens with one attached hydrogen (secondary N) is 2. The number of aromatic nitrogens is 3. The topological polar surface area (TPSA) is 96.7 Å². The quantitative estimate of drug-likeness (QED) is 0.750. The van der Waals surface area contributed by atoms with Crippen LogP contribution in [0.4, 0.5) is 0 Å². The number of aromatic amines is 1. The van der Waals surface area contributed by atoms with Crippen LogP contribution in [0.25, 0.3) is 0 Å². The van der Waals surface area contributed by atoms with Gasteiger partial charge in [-0.1, -0.05) is 34.6 Å². The SMILES string of the molecule is CCC(N)(CC)CNC(=O)c1n[nH]c(C(C)(C)C)n1. The molecule has 0 unspecified atom stereocenters. The Hall–Kier alpha value is -1.43. The molecule has 0 aliphatic rings. The van der Waals surface area contributed by atoms with Crippen LogP contribution in [0.3, 0.4) is 0 Å². The lowest BCUT2D eigenvalue weighted by Crippen LogP contribution is -2.49. The number of carbonyl (C=O) groups is 1. The van der Waals surface area contributed by atoms with Crippen LogP contribution < -0.4 is 11.1 Å². The first kappa shape index (κ1) is 15.6. The van der Waals surface area contributed by atoms with Gasteiger partial charge in [-0.05, 0) is 12.8 Å². The average molecular weight is 267 g/mol. The van der Waals surface area contributed by atoms with Gasteiger partial charge < -0.3 is 11.1 Å². The minimum Gasteiger partial charge on any atom is -0.347 e. The number of nitrogens with zero attached hydrogens (tertiary/aromatic N) is 2. The van der Waals surface area contributed by atoms with Gasteiger partial charge >= 0.3 is 0 Å². The van der Waals surface area contributed by atoms with Gasteiger partial charge in [0, 0.05) is 17.5 Å². The van der Waals surface area contributed by atoms with Crippen LogP contribution in [0, 0.1) is 0 Å². The van der Waals surface area contributed by atoms with Crippen LogP contribution in [-0.2, 0) is 5.41 Å². The van der Waals surface area contributed by atoms with Crippen molar-refractivity contribution in [3.05, 3.63) is 11.6 Å². The van der Waals surface area contributed by atoms with Gasteiger partial charge in [-0.25, -0.2) is 4.98 Å². The highest BCUT2D eigenvalue weighted by atomic mass is 16.2. The molecule has 0 aliphatic heterocycles. The van der Waals surface area contributed by atoms with Crippen molar-refractivity contribution in [2.24, 2.45) is 5.73 Å². The van der Waals surface area contributed by atoms with Gasteiger partial charge in [-0.3, -0.25) is 9.89 Å². The monoisotopic (exact) mass is 267 g/mol. The van der Waals surface area contributed by atoms with Crippen molar-refractivity contribution in [1.29, 1.82) is 0 Å². The molecule has 108 valence electrons. The molecule has 1 rings (SSSR count). The maximum absolute atomic E-state index is 12.0. The van der Waals surface area contributed by atoms with Crippen molar-refractivity contribution in [3.8, 4) is 0 Å². The third-order valence-electron chi connectivity index (χ3n) is 3.41. The number of rotatable bonds is 5. The van der Waals surface area contributed by atoms with E-state index in [1.807, 2.05) is 34.6 Å². The van der Waals surface area contributed by atoms with E-state index in [4.69, 9.17) is 5.73 Å². The molecule has 6 nitrogen and oxygen atoms in total. The first-order valence-electron chi connectivity index (χ1n) is 6.72. The zero-order chi connectivity index (χ0) is 14.7. The summed E-state index contributed by atoms with van der Waals surface area (Å²) in [6, 6.07) is 0. The smallest absolute Gasteiger partial charge is 0.291 e. The number of hydrogen-bond donors (Lipinski definition) is 3. The predicted molar refractivity (Wildman–Crippen MR) is 74.9 cm³/mol. The molecule has 0 saturated carbocycles. The highest BCUT2D eigenvalue weighted by Crippen LogP contribution is 2.17. The van der Waals surface area contributed by atoms with E-state index < -0.39 is 0 Å². The molecule has 0 aromatic carbocycles. The third kappa shape index (κ3) is 4.02. The maximum Gasteiger partial charge on any atom is 0.291 e. The fourth-order valence-corrected chi connectivity index (χ4v) is 1.53. The number of carbonyl (C=O) groups excluding carboxylic acids is 1. The molecule has 1 aromatic rings. The van der Waals surface area contributed by atoms with Gasteiger partial charge in [0.2, 0.25) is 5.82 Å². The van der Waals surface area contributed by atoms with Crippen LogP contribution in [0.5, 0.6) is 0 Å². The molecule has 1 aromatic heterocycles. The predicted octanol–water partition coefficient (Wildman–Crippen LogP) is 1.35. The Labute approximate surface area is 114 Å². The summed E-state index contributed by atoms with van der Waals surface area (Å²) in [5, 5.41) is 9.54. The molecular weight excluding hydrogens is 242 g/mol. The summed E-state index contributed by atoms with van der Waals surface area (Å²) in [4.78, 5) is 16.2. The molecule has 4 N–H and O–H groups in total. The second-order valence-corrected chi connectivity index (χ2v) is 6.01. The fraction of sp³-hybridized carbons (Fsp3) is 0.769. The molecule has 1 heterocycles. The van der Waals surface area contributed by atoms with Crippen molar-refractivity contribution in [1.82, 2.24) is 20.5 Å². The first-order valence-corrected chi connectivity index (χ1v) is 6.72. The lowest BCUT2D eigenvalue weighted by Gasteiger charge is -2.26. The summed E-state index contributed by atoms with van der Waals surface area (Å²) in [6.07, 6.45) is 1.62. The molecule has 0 fully saturated rings. The van der Waals surface area contributed by atoms with E-state index in [-0.39, 0.29) is 22.7 Å². The summed E-state index contributed by atoms with van der Waals surface area (Å²) in [6.45, 7) is 10.5. The van der Waals surface area contributed by atoms with Crippen LogP contribution in [0.15, 0.2) is 0 Å². The Morgan fingerprint density at radius 3 is 2.32 bits per heavy atom. The molecule has 0 aliphatic carbocycles. The highest BCUT2D eigenvalue weighted by Gasteiger charge is 2.24. The zero-order valence-corrected chi connectivity index (χ0v) is 12.5. The van der Waals surface area contributed by atoms with E-state index >= 15 is 0 Å². The molecule has 0 bridgehead atoms. The zero-order valence-electron chi connectivity index (χ0n) is 12.5. The minimum absolute atomic E-state index is 0.157. The Bertz CT molecular complexity index is 428. The summed E-state index contributed by atoms with van der Waals surface area (Å²) < 4.78 is 0. The van der Waals surface area contributed by atoms with Gasteiger partial charge in [-0.2, -0.15) is 0 Å². The molecule has 1 amide bonds. The molecule has 6 heteroatoms. The van der Waals surface area contributed by atoms with Crippen LogP contribution in [0.1, 0.15) is 63.9 Å². The Kier molecular flexibility index (Phi) is 4.68. The number of amides is 1. The summed E-state index contributed by atoms with van der Waals surface area (Å²) >= 11 is 0. The molecule has 0 radical (unpaired) electrons. The van der Waals surface area contributed by atoms with Crippen LogP contribution in [-0.4, -0.2) is 33.2 Å². The third-order valence-corrected chi connectivity index (χ3v) is 3.41. The largest absolute Gasteiger partial charge is 0.347 e. The van der Waals surface area contributed by atoms with Crippen LogP contribution in [0.2, 0.25) is 0 Å². The summed E-state index contributed by atoms with van der Waals surface area (Å²) in [5.74, 6) is 0.575. The average Bonchev–Trinajstić information content (AvgIpc) is 2.85. The van der Waals surface area contributed by atoms with Crippen LogP contribution >= 0.6 is 0 Å². The molecule has 0 saturated heterocycles. The number of hydrogen-bond acceptors (Lipinski definition) is 4. The Balaban J connectivity index is 2.67. The Morgan fingerprint density at radius 1 is 1.32 bits per heavy atom. The number of H-pyrrole nitrogens is 1. The lowest BCUT2D eigenvalue weighted by molar-refractivity contribution is 0.0932. The molecule has 0 atom stereocenters. The summed E-state index contributed by atoms with van der Waals surface area (Å²) in [5.41, 5.74) is 5.62. The van der Waals surface area contributed by atoms with E-state index in [1.54, 1.807) is 0 Å². The number of nitrogens with two attached hydrogens (primary N) is 1. The van der Waals surface area contributed by atoms with Crippen molar-refractivity contribution in [2.75, 3.05) is 6.54 Å². The van der Waals surface area contributed by atoms with Crippen molar-refractivity contribution >= 4 is 5.91 Å². The molecule has 19 heavy (non-hydrogen) atoms. The van der Waals surface area contributed by atoms with Gasteiger partial charge in [0.05, 0.1) is 0 Å². The van der Waals surface area contributed by atoms with Crippen molar-refractivity contribution in [3.63, 3.8) is 0 Å². The van der Waals surface area contributed by atoms with Gasteiger partial charge in [0.1, 0.15) is 5.82 Å². The standard InChI is InChI=1S/C13H25N5O/c1-6-13(14,7-2)8-15-10(19)9-16-11(18-17-9)12(3,4)5/h6-8,14H2,1-5H3,(H,15,19)(H,16,17,18). The van der Waals surface area contributed by atoms with Gasteiger partial charge in [0.25, 0.3) is 5.91 Å². The second-order valence-electron chi connectivity index (χ2n) is 6.01. The van der Waals surface area contributed by atoms with E-state index in [9.17, 15) is 4.79 Å². The highest BCUT2D eigenvalue weighted by molar-refractivity contribution is 5.90. The van der Waals surface area contributed by atoms with E-state index in [2.05, 4.69) is 20.5 Å². The van der Waals surface area contributed by atoms with Gasteiger partial charge in [-0.15, -0.1) is 5.10 Å². The summed E-state index contributed by atoms with van der Waals surface area (Å²) in [7, 11) is 0.